The number of hydrogen-bond donors (Lipinski definition) is 1. The maximum Gasteiger partial charge on any atom is 0.272 e. The smallest absolute Gasteiger partial charge is 0.272 e. The predicted octanol–water partition coefficient (Wildman–Crippen LogP) is 3.08. The summed E-state index contributed by atoms with van der Waals surface area (Å²) in [6.45, 7) is 5.12. The van der Waals surface area contributed by atoms with Crippen LogP contribution in [0.3, 0.4) is 0 Å². The molecule has 0 aliphatic carbocycles. The van der Waals surface area contributed by atoms with E-state index >= 15 is 0 Å². The quantitative estimate of drug-likeness (QED) is 0.875. The van der Waals surface area contributed by atoms with E-state index in [1.807, 2.05) is 29.2 Å². The summed E-state index contributed by atoms with van der Waals surface area (Å²) < 4.78 is 0. The Bertz CT molecular complexity index is 683. The Morgan fingerprint density at radius 1 is 1.33 bits per heavy atom. The van der Waals surface area contributed by atoms with E-state index < -0.39 is 0 Å². The summed E-state index contributed by atoms with van der Waals surface area (Å²) in [7, 11) is 0. The van der Waals surface area contributed by atoms with Gasteiger partial charge in [-0.2, -0.15) is 0 Å². The van der Waals surface area contributed by atoms with Crippen LogP contribution < -0.4 is 5.73 Å². The monoisotopic (exact) mass is 283 g/mol. The molecule has 1 aliphatic heterocycles. The average molecular weight is 283 g/mol. The summed E-state index contributed by atoms with van der Waals surface area (Å²) in [4.78, 5) is 19.2. The normalized spacial score (nSPS) is 22.5. The van der Waals surface area contributed by atoms with Crippen molar-refractivity contribution in [3.05, 3.63) is 36.0 Å². The Kier molecular flexibility index (Phi) is 3.53. The second-order valence-corrected chi connectivity index (χ2v) is 5.97. The van der Waals surface area contributed by atoms with Gasteiger partial charge in [0.25, 0.3) is 5.91 Å². The number of nitrogens with zero attached hydrogens (tertiary/aromatic N) is 2. The van der Waals surface area contributed by atoms with Crippen LogP contribution in [0.2, 0.25) is 0 Å². The molecule has 1 aromatic heterocycles. The molecule has 4 nitrogen and oxygen atoms in total. The fourth-order valence-electron chi connectivity index (χ4n) is 3.08. The molecule has 1 amide bonds. The van der Waals surface area contributed by atoms with Crippen LogP contribution in [0.5, 0.6) is 0 Å². The molecule has 2 atom stereocenters. The Balaban J connectivity index is 1.98. The molecule has 1 aliphatic rings. The number of rotatable bonds is 1. The molecular formula is C17H21N3O. The summed E-state index contributed by atoms with van der Waals surface area (Å²) >= 11 is 0. The predicted molar refractivity (Wildman–Crippen MR) is 85.1 cm³/mol. The van der Waals surface area contributed by atoms with Gasteiger partial charge in [0.05, 0.1) is 5.52 Å². The topological polar surface area (TPSA) is 59.2 Å². The highest BCUT2D eigenvalue weighted by atomic mass is 16.2. The van der Waals surface area contributed by atoms with E-state index in [0.29, 0.717) is 17.3 Å². The van der Waals surface area contributed by atoms with Crippen molar-refractivity contribution in [2.75, 3.05) is 12.3 Å². The highest BCUT2D eigenvalue weighted by molar-refractivity contribution is 5.99. The van der Waals surface area contributed by atoms with Gasteiger partial charge in [0.2, 0.25) is 0 Å². The standard InChI is InChI=1S/C17H21N3O/c1-11-6-5-9-20(12(11)2)17(21)16-10-14(18)13-7-3-4-8-15(13)19-16/h3-4,7-8,10-12H,5-6,9H2,1-2H3,(H2,18,19). The van der Waals surface area contributed by atoms with Crippen LogP contribution in [0.4, 0.5) is 5.69 Å². The van der Waals surface area contributed by atoms with Crippen molar-refractivity contribution in [2.45, 2.75) is 32.7 Å². The zero-order valence-electron chi connectivity index (χ0n) is 12.5. The molecular weight excluding hydrogens is 262 g/mol. The van der Waals surface area contributed by atoms with E-state index in [-0.39, 0.29) is 11.9 Å². The number of hydrogen-bond acceptors (Lipinski definition) is 3. The molecule has 0 spiro atoms. The third-order valence-electron chi connectivity index (χ3n) is 4.60. The van der Waals surface area contributed by atoms with Crippen LogP contribution in [0.15, 0.2) is 30.3 Å². The largest absolute Gasteiger partial charge is 0.398 e. The fraction of sp³-hybridized carbons (Fsp3) is 0.412. The number of nitrogens with two attached hydrogens (primary N) is 1. The summed E-state index contributed by atoms with van der Waals surface area (Å²) in [5, 5.41) is 0.897. The second kappa shape index (κ2) is 5.35. The minimum atomic E-state index is -0.00787. The first-order valence-electron chi connectivity index (χ1n) is 7.54. The number of amides is 1. The molecule has 1 fully saturated rings. The molecule has 2 aromatic rings. The SMILES string of the molecule is CC1CCCN(C(=O)c2cc(N)c3ccccc3n2)C1C. The summed E-state index contributed by atoms with van der Waals surface area (Å²) in [6.07, 6.45) is 2.23. The van der Waals surface area contributed by atoms with Gasteiger partial charge in [0.15, 0.2) is 0 Å². The molecule has 2 heterocycles. The minimum absolute atomic E-state index is 0.00787. The van der Waals surface area contributed by atoms with Gasteiger partial charge in [-0.15, -0.1) is 0 Å². The number of piperidine rings is 1. The highest BCUT2D eigenvalue weighted by Crippen LogP contribution is 2.26. The third-order valence-corrected chi connectivity index (χ3v) is 4.60. The number of carbonyl (C=O) groups excluding carboxylic acids is 1. The first-order chi connectivity index (χ1) is 10.1. The third kappa shape index (κ3) is 2.46. The van der Waals surface area contributed by atoms with E-state index in [1.165, 1.54) is 6.42 Å². The first kappa shape index (κ1) is 13.9. The van der Waals surface area contributed by atoms with E-state index in [1.54, 1.807) is 6.07 Å². The van der Waals surface area contributed by atoms with Crippen molar-refractivity contribution in [3.8, 4) is 0 Å². The number of aromatic nitrogens is 1. The molecule has 2 N–H and O–H groups in total. The van der Waals surface area contributed by atoms with Gasteiger partial charge in [-0.3, -0.25) is 4.79 Å². The van der Waals surface area contributed by atoms with Crippen LogP contribution in [0.1, 0.15) is 37.2 Å². The maximum absolute atomic E-state index is 12.8. The molecule has 0 bridgehead atoms. The van der Waals surface area contributed by atoms with E-state index in [0.717, 1.165) is 23.9 Å². The molecule has 0 saturated carbocycles. The molecule has 3 rings (SSSR count). The summed E-state index contributed by atoms with van der Waals surface area (Å²) in [5.41, 5.74) is 7.92. The number of nitrogen functional groups attached to an aromatic ring is 1. The van der Waals surface area contributed by atoms with Gasteiger partial charge in [-0.25, -0.2) is 4.98 Å². The van der Waals surface area contributed by atoms with Gasteiger partial charge in [0, 0.05) is 23.7 Å². The van der Waals surface area contributed by atoms with Crippen molar-refractivity contribution in [1.82, 2.24) is 9.88 Å². The maximum atomic E-state index is 12.8. The van der Waals surface area contributed by atoms with Crippen molar-refractivity contribution >= 4 is 22.5 Å². The minimum Gasteiger partial charge on any atom is -0.398 e. The lowest BCUT2D eigenvalue weighted by Gasteiger charge is -2.37. The van der Waals surface area contributed by atoms with Gasteiger partial charge in [0.1, 0.15) is 5.69 Å². The lowest BCUT2D eigenvalue weighted by atomic mass is 9.92. The van der Waals surface area contributed by atoms with Crippen LogP contribution in [-0.4, -0.2) is 28.4 Å². The van der Waals surface area contributed by atoms with Crippen molar-refractivity contribution in [2.24, 2.45) is 5.92 Å². The zero-order chi connectivity index (χ0) is 15.0. The van der Waals surface area contributed by atoms with Crippen LogP contribution in [0.25, 0.3) is 10.9 Å². The Hall–Kier alpha value is -2.10. The summed E-state index contributed by atoms with van der Waals surface area (Å²) in [5.74, 6) is 0.520. The molecule has 110 valence electrons. The fourth-order valence-corrected chi connectivity index (χ4v) is 3.08. The van der Waals surface area contributed by atoms with Gasteiger partial charge in [-0.1, -0.05) is 25.1 Å². The van der Waals surface area contributed by atoms with Crippen molar-refractivity contribution < 1.29 is 4.79 Å². The van der Waals surface area contributed by atoms with Crippen molar-refractivity contribution in [3.63, 3.8) is 0 Å². The lowest BCUT2D eigenvalue weighted by Crippen LogP contribution is -2.46. The Morgan fingerprint density at radius 2 is 2.10 bits per heavy atom. The van der Waals surface area contributed by atoms with Crippen LogP contribution in [0, 0.1) is 5.92 Å². The first-order valence-corrected chi connectivity index (χ1v) is 7.54. The molecule has 4 heteroatoms. The molecule has 1 saturated heterocycles. The number of anilines is 1. The van der Waals surface area contributed by atoms with E-state index in [4.69, 9.17) is 5.73 Å². The Morgan fingerprint density at radius 3 is 2.90 bits per heavy atom. The van der Waals surface area contributed by atoms with Gasteiger partial charge >= 0.3 is 0 Å². The molecule has 21 heavy (non-hydrogen) atoms. The van der Waals surface area contributed by atoms with Crippen molar-refractivity contribution in [1.29, 1.82) is 0 Å². The number of benzene rings is 1. The number of fused-ring (bicyclic) bond motifs is 1. The van der Waals surface area contributed by atoms with Crippen LogP contribution in [-0.2, 0) is 0 Å². The highest BCUT2D eigenvalue weighted by Gasteiger charge is 2.29. The zero-order valence-corrected chi connectivity index (χ0v) is 12.5. The van der Waals surface area contributed by atoms with E-state index in [9.17, 15) is 4.79 Å². The summed E-state index contributed by atoms with van der Waals surface area (Å²) in [6, 6.07) is 9.62. The average Bonchev–Trinajstić information content (AvgIpc) is 2.49. The number of pyridine rings is 1. The van der Waals surface area contributed by atoms with Gasteiger partial charge in [-0.05, 0) is 37.8 Å². The number of carbonyl (C=O) groups is 1. The van der Waals surface area contributed by atoms with Gasteiger partial charge < -0.3 is 10.6 Å². The number of para-hydroxylation sites is 1. The second-order valence-electron chi connectivity index (χ2n) is 5.97. The molecule has 1 aromatic carbocycles. The van der Waals surface area contributed by atoms with E-state index in [2.05, 4.69) is 18.8 Å². The lowest BCUT2D eigenvalue weighted by molar-refractivity contribution is 0.0545. The molecule has 2 unspecified atom stereocenters. The molecule has 0 radical (unpaired) electrons. The Labute approximate surface area is 125 Å². The number of likely N-dealkylation sites (tertiary alicyclic amines) is 1. The van der Waals surface area contributed by atoms with Crippen LogP contribution >= 0.6 is 0 Å².